The molecule has 2 amide bonds. The van der Waals surface area contributed by atoms with Gasteiger partial charge in [0, 0.05) is 35.6 Å². The number of H-pyrrole nitrogens is 1. The molecule has 0 saturated heterocycles. The predicted molar refractivity (Wildman–Crippen MR) is 109 cm³/mol. The molecule has 3 rings (SSSR count). The van der Waals surface area contributed by atoms with Crippen LogP contribution in [0.2, 0.25) is 0 Å². The predicted octanol–water partition coefficient (Wildman–Crippen LogP) is 3.25. The molecular weight excluding hydrogens is 338 g/mol. The summed E-state index contributed by atoms with van der Waals surface area (Å²) in [4.78, 5) is 15.4. The highest BCUT2D eigenvalue weighted by Crippen LogP contribution is 2.21. The highest BCUT2D eigenvalue weighted by Gasteiger charge is 2.24. The van der Waals surface area contributed by atoms with Crippen molar-refractivity contribution < 1.29 is 9.90 Å². The normalized spacial score (nSPS) is 13.3. The van der Waals surface area contributed by atoms with Crippen LogP contribution in [0.15, 0.2) is 60.8 Å². The second kappa shape index (κ2) is 8.73. The molecule has 0 aliphatic rings. The van der Waals surface area contributed by atoms with Crippen LogP contribution in [0.5, 0.6) is 0 Å². The maximum Gasteiger partial charge on any atom is 0.314 e. The third-order valence-electron chi connectivity index (χ3n) is 4.89. The van der Waals surface area contributed by atoms with Crippen LogP contribution in [0.4, 0.5) is 4.79 Å². The van der Waals surface area contributed by atoms with Gasteiger partial charge < -0.3 is 20.7 Å². The van der Waals surface area contributed by atoms with Gasteiger partial charge in [0.2, 0.25) is 0 Å². The number of aliphatic hydroxyl groups is 1. The van der Waals surface area contributed by atoms with Crippen molar-refractivity contribution >= 4 is 16.9 Å². The van der Waals surface area contributed by atoms with Crippen molar-refractivity contribution in [1.29, 1.82) is 0 Å². The van der Waals surface area contributed by atoms with Crippen LogP contribution < -0.4 is 10.6 Å². The SMILES string of the molecule is C[C@@](CO)(CNC(=O)NCCc1c[nH]c2ccccc12)Cc1ccccc1. The van der Waals surface area contributed by atoms with E-state index in [2.05, 4.69) is 21.7 Å². The van der Waals surface area contributed by atoms with E-state index in [1.165, 1.54) is 10.9 Å². The van der Waals surface area contributed by atoms with Crippen molar-refractivity contribution in [3.63, 3.8) is 0 Å². The summed E-state index contributed by atoms with van der Waals surface area (Å²) in [6, 6.07) is 17.9. The first-order valence-corrected chi connectivity index (χ1v) is 9.31. The monoisotopic (exact) mass is 365 g/mol. The van der Waals surface area contributed by atoms with Gasteiger partial charge in [0.25, 0.3) is 0 Å². The van der Waals surface area contributed by atoms with Crippen LogP contribution in [0.3, 0.4) is 0 Å². The molecule has 0 saturated carbocycles. The summed E-state index contributed by atoms with van der Waals surface area (Å²) in [7, 11) is 0. The van der Waals surface area contributed by atoms with Gasteiger partial charge >= 0.3 is 6.03 Å². The van der Waals surface area contributed by atoms with Crippen molar-refractivity contribution in [3.8, 4) is 0 Å². The van der Waals surface area contributed by atoms with Gasteiger partial charge in [-0.25, -0.2) is 4.79 Å². The molecule has 0 aliphatic carbocycles. The molecule has 0 radical (unpaired) electrons. The summed E-state index contributed by atoms with van der Waals surface area (Å²) >= 11 is 0. The Morgan fingerprint density at radius 3 is 2.59 bits per heavy atom. The fraction of sp³-hybridized carbons (Fsp3) is 0.318. The Labute approximate surface area is 159 Å². The highest BCUT2D eigenvalue weighted by molar-refractivity contribution is 5.83. The molecule has 142 valence electrons. The van der Waals surface area contributed by atoms with Gasteiger partial charge in [-0.2, -0.15) is 0 Å². The third-order valence-corrected chi connectivity index (χ3v) is 4.89. The molecule has 5 nitrogen and oxygen atoms in total. The Hall–Kier alpha value is -2.79. The molecule has 3 aromatic rings. The standard InChI is InChI=1S/C22H27N3O2/c1-22(16-26,13-17-7-3-2-4-8-17)15-25-21(27)23-12-11-18-14-24-20-10-6-5-9-19(18)20/h2-10,14,24,26H,11-13,15-16H2,1H3,(H2,23,25,27)/t22-/m0/s1. The number of aliphatic hydroxyl groups excluding tert-OH is 1. The van der Waals surface area contributed by atoms with Gasteiger partial charge in [0.1, 0.15) is 0 Å². The average Bonchev–Trinajstić information content (AvgIpc) is 3.10. The minimum atomic E-state index is -0.393. The zero-order valence-electron chi connectivity index (χ0n) is 15.7. The summed E-state index contributed by atoms with van der Waals surface area (Å²) in [6.07, 6.45) is 3.46. The van der Waals surface area contributed by atoms with Gasteiger partial charge in [0.15, 0.2) is 0 Å². The number of urea groups is 1. The molecule has 1 atom stereocenters. The first-order chi connectivity index (χ1) is 13.1. The topological polar surface area (TPSA) is 77.2 Å². The zero-order chi connectivity index (χ0) is 19.1. The molecule has 2 aromatic carbocycles. The largest absolute Gasteiger partial charge is 0.396 e. The van der Waals surface area contributed by atoms with Crippen molar-refractivity contribution in [1.82, 2.24) is 15.6 Å². The van der Waals surface area contributed by atoms with Gasteiger partial charge in [-0.1, -0.05) is 55.5 Å². The number of carbonyl (C=O) groups excluding carboxylic acids is 1. The lowest BCUT2D eigenvalue weighted by molar-refractivity contribution is 0.140. The van der Waals surface area contributed by atoms with Gasteiger partial charge in [-0.05, 0) is 30.0 Å². The second-order valence-electron chi connectivity index (χ2n) is 7.35. The highest BCUT2D eigenvalue weighted by atomic mass is 16.3. The molecule has 0 fully saturated rings. The summed E-state index contributed by atoms with van der Waals surface area (Å²) in [6.45, 7) is 2.96. The van der Waals surface area contributed by atoms with Crippen LogP contribution >= 0.6 is 0 Å². The number of hydrogen-bond acceptors (Lipinski definition) is 2. The number of hydrogen-bond donors (Lipinski definition) is 4. The average molecular weight is 365 g/mol. The maximum absolute atomic E-state index is 12.1. The number of para-hydroxylation sites is 1. The van der Waals surface area contributed by atoms with Gasteiger partial charge in [-0.15, -0.1) is 0 Å². The third kappa shape index (κ3) is 5.11. The molecule has 4 N–H and O–H groups in total. The first kappa shape index (κ1) is 19.0. The molecular formula is C22H27N3O2. The molecule has 1 heterocycles. The molecule has 0 bridgehead atoms. The number of carbonyl (C=O) groups is 1. The molecule has 0 aliphatic heterocycles. The van der Waals surface area contributed by atoms with Gasteiger partial charge in [-0.3, -0.25) is 0 Å². The molecule has 1 aromatic heterocycles. The Morgan fingerprint density at radius 2 is 1.81 bits per heavy atom. The number of nitrogens with one attached hydrogen (secondary N) is 3. The van der Waals surface area contributed by atoms with Crippen molar-refractivity contribution in [2.75, 3.05) is 19.7 Å². The summed E-state index contributed by atoms with van der Waals surface area (Å²) in [5.41, 5.74) is 3.05. The number of rotatable bonds is 8. The van der Waals surface area contributed by atoms with Crippen LogP contribution in [0.1, 0.15) is 18.1 Å². The minimum Gasteiger partial charge on any atom is -0.396 e. The summed E-state index contributed by atoms with van der Waals surface area (Å²) in [5.74, 6) is 0. The smallest absolute Gasteiger partial charge is 0.314 e. The van der Waals surface area contributed by atoms with Crippen LogP contribution in [0, 0.1) is 5.41 Å². The van der Waals surface area contributed by atoms with Crippen molar-refractivity contribution in [2.24, 2.45) is 5.41 Å². The number of benzene rings is 2. The fourth-order valence-corrected chi connectivity index (χ4v) is 3.27. The Morgan fingerprint density at radius 1 is 1.07 bits per heavy atom. The van der Waals surface area contributed by atoms with E-state index in [4.69, 9.17) is 0 Å². The van der Waals surface area contributed by atoms with Crippen LogP contribution in [-0.4, -0.2) is 35.8 Å². The summed E-state index contributed by atoms with van der Waals surface area (Å²) in [5, 5.41) is 16.8. The number of aromatic amines is 1. The van der Waals surface area contributed by atoms with Crippen molar-refractivity contribution in [2.45, 2.75) is 19.8 Å². The Kier molecular flexibility index (Phi) is 6.14. The Bertz CT molecular complexity index is 875. The van der Waals surface area contributed by atoms with Gasteiger partial charge in [0.05, 0.1) is 6.61 Å². The zero-order valence-corrected chi connectivity index (χ0v) is 15.7. The lowest BCUT2D eigenvalue weighted by Crippen LogP contribution is -2.44. The van der Waals surface area contributed by atoms with Crippen molar-refractivity contribution in [3.05, 3.63) is 71.9 Å². The van der Waals surface area contributed by atoms with Crippen LogP contribution in [0.25, 0.3) is 10.9 Å². The second-order valence-corrected chi connectivity index (χ2v) is 7.35. The quantitative estimate of drug-likeness (QED) is 0.494. The molecule has 27 heavy (non-hydrogen) atoms. The Balaban J connectivity index is 1.46. The number of aromatic nitrogens is 1. The van der Waals surface area contributed by atoms with E-state index in [1.807, 2.05) is 61.7 Å². The van der Waals surface area contributed by atoms with E-state index < -0.39 is 5.41 Å². The lowest BCUT2D eigenvalue weighted by atomic mass is 9.84. The minimum absolute atomic E-state index is 0.0114. The van der Waals surface area contributed by atoms with E-state index in [0.717, 1.165) is 17.5 Å². The molecule has 5 heteroatoms. The van der Waals surface area contributed by atoms with E-state index in [-0.39, 0.29) is 12.6 Å². The summed E-state index contributed by atoms with van der Waals surface area (Å²) < 4.78 is 0. The number of amides is 2. The van der Waals surface area contributed by atoms with E-state index in [1.54, 1.807) is 0 Å². The van der Waals surface area contributed by atoms with Crippen LogP contribution in [-0.2, 0) is 12.8 Å². The molecule has 0 spiro atoms. The fourth-order valence-electron chi connectivity index (χ4n) is 3.27. The van der Waals surface area contributed by atoms with E-state index >= 15 is 0 Å². The van der Waals surface area contributed by atoms with E-state index in [9.17, 15) is 9.90 Å². The van der Waals surface area contributed by atoms with E-state index in [0.29, 0.717) is 19.5 Å². The lowest BCUT2D eigenvalue weighted by Gasteiger charge is -2.27. The first-order valence-electron chi connectivity index (χ1n) is 9.31. The number of fused-ring (bicyclic) bond motifs is 1. The maximum atomic E-state index is 12.1. The molecule has 0 unspecified atom stereocenters.